The number of sulfonamides is 1. The van der Waals surface area contributed by atoms with E-state index in [-0.39, 0.29) is 17.0 Å². The van der Waals surface area contributed by atoms with Crippen LogP contribution >= 0.6 is 0 Å². The van der Waals surface area contributed by atoms with E-state index in [1.54, 1.807) is 4.57 Å². The minimum atomic E-state index is -3.86. The zero-order chi connectivity index (χ0) is 15.2. The lowest BCUT2D eigenvalue weighted by molar-refractivity contribution is 0.456. The maximum Gasteiger partial charge on any atom is 0.273 e. The van der Waals surface area contributed by atoms with Gasteiger partial charge in [-0.1, -0.05) is 38.1 Å². The molecule has 1 unspecified atom stereocenters. The van der Waals surface area contributed by atoms with Crippen molar-refractivity contribution in [3.05, 3.63) is 41.2 Å². The van der Waals surface area contributed by atoms with E-state index in [0.29, 0.717) is 12.4 Å². The lowest BCUT2D eigenvalue weighted by Gasteiger charge is -2.29. The molecule has 1 atom stereocenters. The monoisotopic (exact) mass is 306 g/mol. The number of nitrogens with zero attached hydrogens (tertiary/aromatic N) is 3. The summed E-state index contributed by atoms with van der Waals surface area (Å²) in [6.45, 7) is 4.57. The highest BCUT2D eigenvalue weighted by Gasteiger charge is 2.33. The number of fused-ring (bicyclic) bond motifs is 1. The first-order valence-corrected chi connectivity index (χ1v) is 8.46. The maximum atomic E-state index is 11.7. The first-order valence-electron chi connectivity index (χ1n) is 6.91. The molecule has 0 fully saturated rings. The van der Waals surface area contributed by atoms with Gasteiger partial charge in [-0.05, 0) is 23.5 Å². The predicted octanol–water partition coefficient (Wildman–Crippen LogP) is 1.27. The van der Waals surface area contributed by atoms with E-state index in [0.717, 1.165) is 6.42 Å². The van der Waals surface area contributed by atoms with Gasteiger partial charge in [-0.15, -0.1) is 10.2 Å². The highest BCUT2D eigenvalue weighted by Crippen LogP contribution is 2.39. The van der Waals surface area contributed by atoms with Crippen molar-refractivity contribution < 1.29 is 8.42 Å². The Morgan fingerprint density at radius 2 is 2.05 bits per heavy atom. The lowest BCUT2D eigenvalue weighted by Crippen LogP contribution is -2.25. The highest BCUT2D eigenvalue weighted by molar-refractivity contribution is 7.89. The van der Waals surface area contributed by atoms with Crippen molar-refractivity contribution in [3.8, 4) is 0 Å². The van der Waals surface area contributed by atoms with Crippen LogP contribution in [0.15, 0.2) is 29.4 Å². The number of aromatic nitrogens is 3. The maximum absolute atomic E-state index is 11.7. The number of primary sulfonamides is 1. The van der Waals surface area contributed by atoms with Gasteiger partial charge in [0.1, 0.15) is 5.82 Å². The second kappa shape index (κ2) is 4.92. The fourth-order valence-electron chi connectivity index (χ4n) is 2.79. The summed E-state index contributed by atoms with van der Waals surface area (Å²) in [4.78, 5) is 0. The normalized spacial score (nSPS) is 17.6. The van der Waals surface area contributed by atoms with E-state index >= 15 is 0 Å². The third-order valence-electron chi connectivity index (χ3n) is 3.71. The van der Waals surface area contributed by atoms with E-state index in [4.69, 9.17) is 5.14 Å². The van der Waals surface area contributed by atoms with Gasteiger partial charge in [0.25, 0.3) is 15.2 Å². The SMILES string of the molecule is CC(C)Cn1c(C2Cc3ccccc32)nnc1S(N)(=O)=O. The van der Waals surface area contributed by atoms with Gasteiger partial charge in [0.2, 0.25) is 0 Å². The van der Waals surface area contributed by atoms with Crippen LogP contribution < -0.4 is 5.14 Å². The van der Waals surface area contributed by atoms with Gasteiger partial charge in [-0.2, -0.15) is 0 Å². The molecule has 1 aromatic heterocycles. The summed E-state index contributed by atoms with van der Waals surface area (Å²) < 4.78 is 25.0. The van der Waals surface area contributed by atoms with Crippen LogP contribution in [0.5, 0.6) is 0 Å². The Balaban J connectivity index is 2.06. The van der Waals surface area contributed by atoms with Gasteiger partial charge in [-0.25, -0.2) is 13.6 Å². The fraction of sp³-hybridized carbons (Fsp3) is 0.429. The molecule has 112 valence electrons. The topological polar surface area (TPSA) is 90.9 Å². The Labute approximate surface area is 124 Å². The van der Waals surface area contributed by atoms with E-state index < -0.39 is 10.0 Å². The molecule has 1 heterocycles. The Hall–Kier alpha value is -1.73. The molecular formula is C14H18N4O2S. The highest BCUT2D eigenvalue weighted by atomic mass is 32.2. The first-order chi connectivity index (χ1) is 9.88. The van der Waals surface area contributed by atoms with Crippen LogP contribution in [0.2, 0.25) is 0 Å². The third kappa shape index (κ3) is 2.47. The quantitative estimate of drug-likeness (QED) is 0.921. The molecule has 7 heteroatoms. The van der Waals surface area contributed by atoms with E-state index in [1.165, 1.54) is 11.1 Å². The molecule has 1 aliphatic rings. The molecule has 0 saturated carbocycles. The van der Waals surface area contributed by atoms with Crippen LogP contribution in [0.25, 0.3) is 0 Å². The van der Waals surface area contributed by atoms with Crippen molar-refractivity contribution in [1.29, 1.82) is 0 Å². The van der Waals surface area contributed by atoms with Crippen LogP contribution in [0.1, 0.15) is 36.7 Å². The molecule has 2 N–H and O–H groups in total. The number of rotatable bonds is 4. The average molecular weight is 306 g/mol. The molecule has 0 spiro atoms. The number of nitrogens with two attached hydrogens (primary N) is 1. The van der Waals surface area contributed by atoms with Crippen molar-refractivity contribution in [3.63, 3.8) is 0 Å². The Bertz CT molecular complexity index is 780. The van der Waals surface area contributed by atoms with Crippen molar-refractivity contribution in [2.75, 3.05) is 0 Å². The Kier molecular flexibility index (Phi) is 3.33. The summed E-state index contributed by atoms with van der Waals surface area (Å²) in [5.41, 5.74) is 2.47. The third-order valence-corrected chi connectivity index (χ3v) is 4.52. The molecule has 2 aromatic rings. The van der Waals surface area contributed by atoms with Crippen LogP contribution in [0.3, 0.4) is 0 Å². The molecule has 0 radical (unpaired) electrons. The smallest absolute Gasteiger partial charge is 0.273 e. The van der Waals surface area contributed by atoms with Crippen LogP contribution in [0, 0.1) is 5.92 Å². The second-order valence-electron chi connectivity index (χ2n) is 5.85. The molecule has 3 rings (SSSR count). The summed E-state index contributed by atoms with van der Waals surface area (Å²) in [7, 11) is -3.86. The van der Waals surface area contributed by atoms with Crippen molar-refractivity contribution in [1.82, 2.24) is 14.8 Å². The Morgan fingerprint density at radius 1 is 1.33 bits per heavy atom. The summed E-state index contributed by atoms with van der Waals surface area (Å²) in [5, 5.41) is 13.0. The van der Waals surface area contributed by atoms with Crippen LogP contribution in [-0.4, -0.2) is 23.2 Å². The number of hydrogen-bond donors (Lipinski definition) is 1. The average Bonchev–Trinajstić information content (AvgIpc) is 2.73. The molecule has 0 bridgehead atoms. The lowest BCUT2D eigenvalue weighted by atomic mass is 9.77. The standard InChI is InChI=1S/C14H18N4O2S/c1-9(2)8-18-13(16-17-14(18)21(15,19)20)12-7-10-5-3-4-6-11(10)12/h3-6,9,12H,7-8H2,1-2H3,(H2,15,19,20). The minimum absolute atomic E-state index is 0.1000. The first kappa shape index (κ1) is 14.2. The van der Waals surface area contributed by atoms with Gasteiger partial charge in [-0.3, -0.25) is 4.57 Å². The largest absolute Gasteiger partial charge is 0.300 e. The predicted molar refractivity (Wildman–Crippen MR) is 78.2 cm³/mol. The molecule has 1 aromatic carbocycles. The molecular weight excluding hydrogens is 288 g/mol. The molecule has 0 aliphatic heterocycles. The van der Waals surface area contributed by atoms with Crippen LogP contribution in [0.4, 0.5) is 0 Å². The van der Waals surface area contributed by atoms with Crippen molar-refractivity contribution >= 4 is 10.0 Å². The van der Waals surface area contributed by atoms with E-state index in [2.05, 4.69) is 22.3 Å². The summed E-state index contributed by atoms with van der Waals surface area (Å²) in [5.74, 6) is 1.06. The van der Waals surface area contributed by atoms with Crippen molar-refractivity contribution in [2.45, 2.75) is 37.9 Å². The van der Waals surface area contributed by atoms with Gasteiger partial charge < -0.3 is 0 Å². The van der Waals surface area contributed by atoms with Gasteiger partial charge in [0, 0.05) is 12.5 Å². The molecule has 6 nitrogen and oxygen atoms in total. The van der Waals surface area contributed by atoms with Gasteiger partial charge >= 0.3 is 0 Å². The summed E-state index contributed by atoms with van der Waals surface area (Å²) in [6, 6.07) is 8.11. The minimum Gasteiger partial charge on any atom is -0.300 e. The molecule has 1 aliphatic carbocycles. The Morgan fingerprint density at radius 3 is 2.67 bits per heavy atom. The zero-order valence-electron chi connectivity index (χ0n) is 12.0. The zero-order valence-corrected chi connectivity index (χ0v) is 12.8. The van der Waals surface area contributed by atoms with Crippen LogP contribution in [-0.2, 0) is 23.0 Å². The summed E-state index contributed by atoms with van der Waals surface area (Å²) >= 11 is 0. The number of hydrogen-bond acceptors (Lipinski definition) is 4. The second-order valence-corrected chi connectivity index (χ2v) is 7.30. The summed E-state index contributed by atoms with van der Waals surface area (Å²) in [6.07, 6.45) is 0.858. The van der Waals surface area contributed by atoms with Crippen molar-refractivity contribution in [2.24, 2.45) is 11.1 Å². The number of benzene rings is 1. The molecule has 21 heavy (non-hydrogen) atoms. The fourth-order valence-corrected chi connectivity index (χ4v) is 3.42. The van der Waals surface area contributed by atoms with E-state index in [1.807, 2.05) is 26.0 Å². The molecule has 0 amide bonds. The molecule has 0 saturated heterocycles. The van der Waals surface area contributed by atoms with Gasteiger partial charge in [0.15, 0.2) is 0 Å². The van der Waals surface area contributed by atoms with E-state index in [9.17, 15) is 8.42 Å². The van der Waals surface area contributed by atoms with Gasteiger partial charge in [0.05, 0.1) is 0 Å².